The lowest BCUT2D eigenvalue weighted by Gasteiger charge is -2.19. The van der Waals surface area contributed by atoms with Crippen molar-refractivity contribution in [1.82, 2.24) is 9.97 Å². The van der Waals surface area contributed by atoms with Gasteiger partial charge in [-0.3, -0.25) is 10.1 Å². The molecule has 0 spiro atoms. The summed E-state index contributed by atoms with van der Waals surface area (Å²) >= 11 is 0. The molecule has 0 aliphatic rings. The van der Waals surface area contributed by atoms with E-state index < -0.39 is 11.7 Å². The Morgan fingerprint density at radius 2 is 1.48 bits per heavy atom. The molecule has 4 aromatic rings. The summed E-state index contributed by atoms with van der Waals surface area (Å²) in [6, 6.07) is 13.6. The van der Waals surface area contributed by atoms with Crippen LogP contribution in [0.5, 0.6) is 5.75 Å². The van der Waals surface area contributed by atoms with Crippen molar-refractivity contribution >= 4 is 39.4 Å². The van der Waals surface area contributed by atoms with Gasteiger partial charge in [-0.15, -0.1) is 0 Å². The third-order valence-corrected chi connectivity index (χ3v) is 4.36. The van der Waals surface area contributed by atoms with Crippen LogP contribution in [-0.2, 0) is 4.74 Å². The highest BCUT2D eigenvalue weighted by molar-refractivity contribution is 6.11. The Morgan fingerprint density at radius 3 is 2.10 bits per heavy atom. The number of amides is 1. The van der Waals surface area contributed by atoms with Gasteiger partial charge in [0.15, 0.2) is 0 Å². The number of hydrogen-bond acceptors (Lipinski definition) is 4. The zero-order chi connectivity index (χ0) is 20.8. The number of ketones is 1. The predicted octanol–water partition coefficient (Wildman–Crippen LogP) is 4.93. The van der Waals surface area contributed by atoms with Crippen LogP contribution in [0.15, 0.2) is 48.5 Å². The average molecular weight is 391 g/mol. The van der Waals surface area contributed by atoms with Crippen LogP contribution in [0.2, 0.25) is 0 Å². The number of hydrogen-bond donors (Lipinski definition) is 4. The second-order valence-electron chi connectivity index (χ2n) is 7.90. The predicted molar refractivity (Wildman–Crippen MR) is 112 cm³/mol. The van der Waals surface area contributed by atoms with Crippen molar-refractivity contribution in [2.45, 2.75) is 26.4 Å². The number of fused-ring (bicyclic) bond motifs is 2. The first-order chi connectivity index (χ1) is 13.7. The van der Waals surface area contributed by atoms with Crippen LogP contribution in [0.25, 0.3) is 21.8 Å². The summed E-state index contributed by atoms with van der Waals surface area (Å²) in [6.45, 7) is 5.39. The van der Waals surface area contributed by atoms with Crippen molar-refractivity contribution in [3.63, 3.8) is 0 Å². The summed E-state index contributed by atoms with van der Waals surface area (Å²) in [7, 11) is 0. The zero-order valence-corrected chi connectivity index (χ0v) is 16.3. The number of aromatic nitrogens is 2. The van der Waals surface area contributed by atoms with Gasteiger partial charge in [0.05, 0.1) is 11.4 Å². The van der Waals surface area contributed by atoms with Crippen LogP contribution >= 0.6 is 0 Å². The standard InChI is InChI=1S/C22H21N3O4/c1-22(2,3)29-21(28)23-14-4-6-16-12(8-14)10-18(24-16)20(27)19-11-13-9-15(26)5-7-17(13)25-19/h4-11,24-26H,1-3H3,(H,23,28). The van der Waals surface area contributed by atoms with Crippen LogP contribution in [0, 0.1) is 0 Å². The number of H-pyrrole nitrogens is 2. The van der Waals surface area contributed by atoms with Gasteiger partial charge in [0.1, 0.15) is 11.4 Å². The SMILES string of the molecule is CC(C)(C)OC(=O)Nc1ccc2[nH]c(C(=O)c3cc4cc(O)ccc4[nH]3)cc2c1. The lowest BCUT2D eigenvalue weighted by atomic mass is 10.2. The van der Waals surface area contributed by atoms with Gasteiger partial charge in [-0.2, -0.15) is 0 Å². The second-order valence-corrected chi connectivity index (χ2v) is 7.90. The summed E-state index contributed by atoms with van der Waals surface area (Å²) in [4.78, 5) is 31.0. The van der Waals surface area contributed by atoms with Crippen molar-refractivity contribution in [2.24, 2.45) is 0 Å². The molecule has 148 valence electrons. The van der Waals surface area contributed by atoms with E-state index in [9.17, 15) is 14.7 Å². The molecule has 1 amide bonds. The Kier molecular flexibility index (Phi) is 4.30. The summed E-state index contributed by atoms with van der Waals surface area (Å²) in [5, 5.41) is 13.8. The Hall–Kier alpha value is -3.74. The number of phenolic OH excluding ortho intramolecular Hbond substituents is 1. The minimum Gasteiger partial charge on any atom is -0.508 e. The van der Waals surface area contributed by atoms with Gasteiger partial charge in [0.2, 0.25) is 5.78 Å². The molecule has 2 heterocycles. The molecular formula is C22H21N3O4. The van der Waals surface area contributed by atoms with Crippen molar-refractivity contribution < 1.29 is 19.4 Å². The van der Waals surface area contributed by atoms with E-state index in [1.807, 2.05) is 0 Å². The quantitative estimate of drug-likeness (QED) is 0.371. The Labute approximate surface area is 166 Å². The van der Waals surface area contributed by atoms with Crippen molar-refractivity contribution in [1.29, 1.82) is 0 Å². The number of benzene rings is 2. The van der Waals surface area contributed by atoms with Crippen LogP contribution in [0.3, 0.4) is 0 Å². The first-order valence-corrected chi connectivity index (χ1v) is 9.17. The van der Waals surface area contributed by atoms with Gasteiger partial charge in [-0.25, -0.2) is 4.79 Å². The van der Waals surface area contributed by atoms with E-state index >= 15 is 0 Å². The Balaban J connectivity index is 1.59. The first-order valence-electron chi connectivity index (χ1n) is 9.17. The molecule has 0 radical (unpaired) electrons. The molecule has 4 rings (SSSR count). The second kappa shape index (κ2) is 6.70. The number of aromatic amines is 2. The number of carbonyl (C=O) groups is 2. The Morgan fingerprint density at radius 1 is 0.897 bits per heavy atom. The van der Waals surface area contributed by atoms with E-state index in [1.54, 1.807) is 69.3 Å². The molecule has 7 heteroatoms. The molecule has 2 aromatic heterocycles. The van der Waals surface area contributed by atoms with Gasteiger partial charge < -0.3 is 19.8 Å². The van der Waals surface area contributed by atoms with Crippen LogP contribution in [0.1, 0.15) is 37.0 Å². The maximum absolute atomic E-state index is 12.9. The summed E-state index contributed by atoms with van der Waals surface area (Å²) in [5.41, 5.74) is 2.38. The zero-order valence-electron chi connectivity index (χ0n) is 16.3. The van der Waals surface area contributed by atoms with Gasteiger partial charge in [0, 0.05) is 27.5 Å². The van der Waals surface area contributed by atoms with E-state index in [0.29, 0.717) is 17.1 Å². The maximum Gasteiger partial charge on any atom is 0.412 e. The molecule has 0 fully saturated rings. The highest BCUT2D eigenvalue weighted by atomic mass is 16.6. The number of phenols is 1. The number of ether oxygens (including phenoxy) is 1. The Bertz CT molecular complexity index is 1240. The van der Waals surface area contributed by atoms with Crippen molar-refractivity contribution in [3.8, 4) is 5.75 Å². The minimum atomic E-state index is -0.585. The van der Waals surface area contributed by atoms with E-state index in [2.05, 4.69) is 15.3 Å². The molecule has 0 aliphatic carbocycles. The van der Waals surface area contributed by atoms with Gasteiger partial charge in [-0.05, 0) is 69.3 Å². The van der Waals surface area contributed by atoms with E-state index in [1.165, 1.54) is 0 Å². The smallest absolute Gasteiger partial charge is 0.412 e. The monoisotopic (exact) mass is 391 g/mol. The molecule has 0 aliphatic heterocycles. The van der Waals surface area contributed by atoms with Gasteiger partial charge in [-0.1, -0.05) is 0 Å². The molecule has 0 saturated carbocycles. The fourth-order valence-corrected chi connectivity index (χ4v) is 3.14. The number of carbonyl (C=O) groups excluding carboxylic acids is 2. The summed E-state index contributed by atoms with van der Waals surface area (Å²) < 4.78 is 5.26. The van der Waals surface area contributed by atoms with E-state index in [-0.39, 0.29) is 11.5 Å². The fourth-order valence-electron chi connectivity index (χ4n) is 3.14. The maximum atomic E-state index is 12.9. The normalized spacial score (nSPS) is 11.7. The molecule has 0 unspecified atom stereocenters. The minimum absolute atomic E-state index is 0.145. The number of aromatic hydroxyl groups is 1. The van der Waals surface area contributed by atoms with Gasteiger partial charge >= 0.3 is 6.09 Å². The van der Waals surface area contributed by atoms with Crippen molar-refractivity contribution in [2.75, 3.05) is 5.32 Å². The van der Waals surface area contributed by atoms with Crippen LogP contribution in [0.4, 0.5) is 10.5 Å². The first kappa shape index (κ1) is 18.6. The molecule has 7 nitrogen and oxygen atoms in total. The third-order valence-electron chi connectivity index (χ3n) is 4.36. The molecule has 0 bridgehead atoms. The van der Waals surface area contributed by atoms with Crippen molar-refractivity contribution in [3.05, 3.63) is 59.9 Å². The fraction of sp³-hybridized carbons (Fsp3) is 0.182. The average Bonchev–Trinajstić information content (AvgIpc) is 3.22. The summed E-state index contributed by atoms with van der Waals surface area (Å²) in [5.74, 6) is -0.0512. The number of nitrogens with one attached hydrogen (secondary N) is 3. The molecule has 2 aromatic carbocycles. The topological polar surface area (TPSA) is 107 Å². The number of anilines is 1. The molecule has 29 heavy (non-hydrogen) atoms. The molecule has 0 saturated heterocycles. The van der Waals surface area contributed by atoms with Crippen LogP contribution < -0.4 is 5.32 Å². The molecule has 0 atom stereocenters. The van der Waals surface area contributed by atoms with Gasteiger partial charge in [0.25, 0.3) is 0 Å². The highest BCUT2D eigenvalue weighted by Gasteiger charge is 2.18. The summed E-state index contributed by atoms with van der Waals surface area (Å²) in [6.07, 6.45) is -0.537. The lowest BCUT2D eigenvalue weighted by molar-refractivity contribution is 0.0635. The molecule has 4 N–H and O–H groups in total. The largest absolute Gasteiger partial charge is 0.508 e. The third kappa shape index (κ3) is 3.94. The number of rotatable bonds is 3. The highest BCUT2D eigenvalue weighted by Crippen LogP contribution is 2.25. The van der Waals surface area contributed by atoms with E-state index in [0.717, 1.165) is 21.8 Å². The van der Waals surface area contributed by atoms with Crippen LogP contribution in [-0.4, -0.2) is 32.6 Å². The van der Waals surface area contributed by atoms with E-state index in [4.69, 9.17) is 4.74 Å². The molecular weight excluding hydrogens is 370 g/mol. The lowest BCUT2D eigenvalue weighted by Crippen LogP contribution is -2.27.